The van der Waals surface area contributed by atoms with Crippen LogP contribution in [0.5, 0.6) is 0 Å². The molecule has 1 fully saturated rings. The number of hydrogen-bond donors (Lipinski definition) is 0. The molecule has 0 N–H and O–H groups in total. The monoisotopic (exact) mass is 244 g/mol. The SMILES string of the molecule is C=CCC1CC2(C)CC1(C(C)(C)C=C)CC=C2C. The molecule has 3 atom stereocenters. The Balaban J connectivity index is 2.49. The zero-order valence-electron chi connectivity index (χ0n) is 12.6. The Bertz CT molecular complexity index is 398. The molecule has 0 aromatic heterocycles. The van der Waals surface area contributed by atoms with E-state index in [1.165, 1.54) is 19.3 Å². The molecule has 100 valence electrons. The summed E-state index contributed by atoms with van der Waals surface area (Å²) in [5.41, 5.74) is 2.60. The standard InChI is InChI=1S/C18H28/c1-7-9-15-12-17(6)13-18(15,11-10-14(17)3)16(4,5)8-2/h7-8,10,15H,1-2,9,11-13H2,3-6H3. The van der Waals surface area contributed by atoms with E-state index >= 15 is 0 Å². The molecule has 0 aromatic carbocycles. The first kappa shape index (κ1) is 13.6. The third-order valence-corrected chi connectivity index (χ3v) is 6.15. The first-order valence-electron chi connectivity index (χ1n) is 7.23. The molecular formula is C18H28. The molecule has 0 nitrogen and oxygen atoms in total. The average molecular weight is 244 g/mol. The normalized spacial score (nSPS) is 39.3. The number of rotatable bonds is 4. The maximum atomic E-state index is 4.11. The maximum absolute atomic E-state index is 4.11. The molecule has 0 aliphatic heterocycles. The summed E-state index contributed by atoms with van der Waals surface area (Å²) < 4.78 is 0. The summed E-state index contributed by atoms with van der Waals surface area (Å²) in [6.45, 7) is 17.6. The molecule has 0 heterocycles. The fraction of sp³-hybridized carbons (Fsp3) is 0.667. The van der Waals surface area contributed by atoms with Gasteiger partial charge in [-0.1, -0.05) is 44.6 Å². The van der Waals surface area contributed by atoms with Crippen molar-refractivity contribution in [3.05, 3.63) is 37.0 Å². The molecule has 0 radical (unpaired) electrons. The molecule has 0 heteroatoms. The summed E-state index contributed by atoms with van der Waals surface area (Å²) in [4.78, 5) is 0. The molecule has 0 aromatic rings. The number of hydrogen-bond acceptors (Lipinski definition) is 0. The minimum absolute atomic E-state index is 0.204. The molecule has 2 aliphatic rings. The highest BCUT2D eigenvalue weighted by atomic mass is 14.6. The molecule has 0 amide bonds. The third kappa shape index (κ3) is 1.65. The van der Waals surface area contributed by atoms with Crippen molar-refractivity contribution in [2.75, 3.05) is 0 Å². The van der Waals surface area contributed by atoms with Gasteiger partial charge in [0, 0.05) is 0 Å². The van der Waals surface area contributed by atoms with E-state index in [9.17, 15) is 0 Å². The summed E-state index contributed by atoms with van der Waals surface area (Å²) in [6.07, 6.45) is 11.8. The van der Waals surface area contributed by atoms with E-state index in [4.69, 9.17) is 0 Å². The largest absolute Gasteiger partial charge is 0.103 e. The first-order valence-corrected chi connectivity index (χ1v) is 7.23. The highest BCUT2D eigenvalue weighted by Gasteiger charge is 2.59. The van der Waals surface area contributed by atoms with Crippen molar-refractivity contribution < 1.29 is 0 Å². The molecule has 0 spiro atoms. The van der Waals surface area contributed by atoms with Gasteiger partial charge in [-0.25, -0.2) is 0 Å². The van der Waals surface area contributed by atoms with E-state index in [1.54, 1.807) is 5.57 Å². The van der Waals surface area contributed by atoms with Crippen LogP contribution in [0.1, 0.15) is 53.4 Å². The van der Waals surface area contributed by atoms with Crippen molar-refractivity contribution in [3.8, 4) is 0 Å². The van der Waals surface area contributed by atoms with E-state index in [0.29, 0.717) is 10.8 Å². The van der Waals surface area contributed by atoms with Crippen molar-refractivity contribution in [2.45, 2.75) is 53.4 Å². The van der Waals surface area contributed by atoms with Gasteiger partial charge in [0.05, 0.1) is 0 Å². The Hall–Kier alpha value is -0.780. The molecule has 0 saturated heterocycles. The van der Waals surface area contributed by atoms with Crippen LogP contribution in [0.4, 0.5) is 0 Å². The van der Waals surface area contributed by atoms with E-state index < -0.39 is 0 Å². The van der Waals surface area contributed by atoms with Gasteiger partial charge in [0.2, 0.25) is 0 Å². The summed E-state index contributed by atoms with van der Waals surface area (Å²) in [7, 11) is 0. The molecule has 2 rings (SSSR count). The Kier molecular flexibility index (Phi) is 3.12. The van der Waals surface area contributed by atoms with Gasteiger partial charge in [-0.05, 0) is 54.8 Å². The lowest BCUT2D eigenvalue weighted by atomic mass is 9.55. The molecular weight excluding hydrogens is 216 g/mol. The predicted molar refractivity (Wildman–Crippen MR) is 80.4 cm³/mol. The van der Waals surface area contributed by atoms with Crippen molar-refractivity contribution in [2.24, 2.45) is 22.2 Å². The predicted octanol–water partition coefficient (Wildman–Crippen LogP) is 5.53. The summed E-state index contributed by atoms with van der Waals surface area (Å²) in [5, 5.41) is 0. The number of allylic oxidation sites excluding steroid dienone is 4. The average Bonchev–Trinajstić information content (AvgIpc) is 2.57. The van der Waals surface area contributed by atoms with Crippen LogP contribution < -0.4 is 0 Å². The van der Waals surface area contributed by atoms with Crippen molar-refractivity contribution in [3.63, 3.8) is 0 Å². The first-order chi connectivity index (χ1) is 8.31. The van der Waals surface area contributed by atoms with Crippen LogP contribution >= 0.6 is 0 Å². The van der Waals surface area contributed by atoms with Crippen molar-refractivity contribution in [1.82, 2.24) is 0 Å². The minimum Gasteiger partial charge on any atom is -0.103 e. The van der Waals surface area contributed by atoms with Crippen LogP contribution in [0.25, 0.3) is 0 Å². The van der Waals surface area contributed by atoms with E-state index in [1.807, 2.05) is 0 Å². The van der Waals surface area contributed by atoms with Gasteiger partial charge in [0.15, 0.2) is 0 Å². The van der Waals surface area contributed by atoms with Gasteiger partial charge in [-0.2, -0.15) is 0 Å². The van der Waals surface area contributed by atoms with Gasteiger partial charge in [0.1, 0.15) is 0 Å². The van der Waals surface area contributed by atoms with Crippen LogP contribution in [0.3, 0.4) is 0 Å². The lowest BCUT2D eigenvalue weighted by Crippen LogP contribution is -2.41. The minimum atomic E-state index is 0.204. The van der Waals surface area contributed by atoms with Gasteiger partial charge in [-0.3, -0.25) is 0 Å². The highest BCUT2D eigenvalue weighted by molar-refractivity contribution is 5.27. The Morgan fingerprint density at radius 2 is 2.11 bits per heavy atom. The van der Waals surface area contributed by atoms with Gasteiger partial charge in [0.25, 0.3) is 0 Å². The van der Waals surface area contributed by atoms with Crippen LogP contribution in [-0.4, -0.2) is 0 Å². The van der Waals surface area contributed by atoms with Gasteiger partial charge >= 0.3 is 0 Å². The van der Waals surface area contributed by atoms with E-state index in [-0.39, 0.29) is 5.41 Å². The Morgan fingerprint density at radius 3 is 2.67 bits per heavy atom. The molecule has 18 heavy (non-hydrogen) atoms. The topological polar surface area (TPSA) is 0 Å². The lowest BCUT2D eigenvalue weighted by molar-refractivity contribution is 0.0573. The summed E-state index contributed by atoms with van der Waals surface area (Å²) >= 11 is 0. The molecule has 2 bridgehead atoms. The quantitative estimate of drug-likeness (QED) is 0.571. The van der Waals surface area contributed by atoms with Crippen LogP contribution in [0.2, 0.25) is 0 Å². The van der Waals surface area contributed by atoms with Crippen LogP contribution in [0, 0.1) is 22.2 Å². The van der Waals surface area contributed by atoms with E-state index in [0.717, 1.165) is 12.3 Å². The zero-order valence-corrected chi connectivity index (χ0v) is 12.6. The maximum Gasteiger partial charge on any atom is -0.0110 e. The second-order valence-corrected chi connectivity index (χ2v) is 7.34. The van der Waals surface area contributed by atoms with Gasteiger partial charge in [-0.15, -0.1) is 13.2 Å². The zero-order chi connectivity index (χ0) is 13.6. The van der Waals surface area contributed by atoms with E-state index in [2.05, 4.69) is 59.1 Å². The fourth-order valence-corrected chi connectivity index (χ4v) is 4.50. The Morgan fingerprint density at radius 1 is 1.44 bits per heavy atom. The van der Waals surface area contributed by atoms with Crippen LogP contribution in [0.15, 0.2) is 37.0 Å². The molecule has 3 unspecified atom stereocenters. The summed E-state index contributed by atoms with van der Waals surface area (Å²) in [6, 6.07) is 0. The smallest absolute Gasteiger partial charge is 0.0110 e. The highest BCUT2D eigenvalue weighted by Crippen LogP contribution is 2.68. The Labute approximate surface area is 113 Å². The summed E-state index contributed by atoms with van der Waals surface area (Å²) in [5.74, 6) is 0.752. The van der Waals surface area contributed by atoms with Crippen molar-refractivity contribution >= 4 is 0 Å². The third-order valence-electron chi connectivity index (χ3n) is 6.15. The lowest BCUT2D eigenvalue weighted by Gasteiger charge is -2.49. The molecule has 1 saturated carbocycles. The van der Waals surface area contributed by atoms with Crippen molar-refractivity contribution in [1.29, 1.82) is 0 Å². The number of fused-ring (bicyclic) bond motifs is 2. The van der Waals surface area contributed by atoms with Gasteiger partial charge < -0.3 is 0 Å². The fourth-order valence-electron chi connectivity index (χ4n) is 4.50. The second kappa shape index (κ2) is 4.11. The molecule has 2 aliphatic carbocycles. The second-order valence-electron chi connectivity index (χ2n) is 7.34. The van der Waals surface area contributed by atoms with Crippen LogP contribution in [-0.2, 0) is 0 Å².